The standard InChI is InChI=1S/C28H17Cl5N2O4S/c29-15-9-11-16(12-10-15)34-27(37)25(14-5-2-1-3-6-14)40-18-8-4-7-17(13-18)35-26(36)19-20(28(38)39)22(31)24(33)23(32)21(19)30/h1-13,25H,(H,34,37)(H,35,36)(H,38,39). The predicted octanol–water partition coefficient (Wildman–Crippen LogP) is 9.38. The Morgan fingerprint density at radius 2 is 1.30 bits per heavy atom. The van der Waals surface area contributed by atoms with E-state index in [2.05, 4.69) is 10.6 Å². The molecule has 6 nitrogen and oxygen atoms in total. The van der Waals surface area contributed by atoms with Gasteiger partial charge in [0.15, 0.2) is 0 Å². The topological polar surface area (TPSA) is 95.5 Å². The predicted molar refractivity (Wildman–Crippen MR) is 163 cm³/mol. The average Bonchev–Trinajstić information content (AvgIpc) is 2.94. The number of amides is 2. The molecule has 0 fully saturated rings. The summed E-state index contributed by atoms with van der Waals surface area (Å²) in [6, 6.07) is 22.7. The number of hydrogen-bond donors (Lipinski definition) is 3. The van der Waals surface area contributed by atoms with Crippen molar-refractivity contribution >= 4 is 98.9 Å². The molecule has 0 saturated carbocycles. The molecule has 12 heteroatoms. The molecule has 0 saturated heterocycles. The molecule has 0 radical (unpaired) electrons. The second-order valence-corrected chi connectivity index (χ2v) is 11.3. The lowest BCUT2D eigenvalue weighted by atomic mass is 10.1. The lowest BCUT2D eigenvalue weighted by Gasteiger charge is -2.18. The van der Waals surface area contributed by atoms with E-state index in [9.17, 15) is 19.5 Å². The summed E-state index contributed by atoms with van der Waals surface area (Å²) in [5.41, 5.74) is 0.651. The summed E-state index contributed by atoms with van der Waals surface area (Å²) in [5, 5.41) is 13.8. The van der Waals surface area contributed by atoms with Crippen LogP contribution in [0.1, 0.15) is 31.5 Å². The van der Waals surface area contributed by atoms with Crippen LogP contribution in [0.4, 0.5) is 11.4 Å². The van der Waals surface area contributed by atoms with Gasteiger partial charge in [0.05, 0.1) is 31.2 Å². The van der Waals surface area contributed by atoms with Gasteiger partial charge in [0.1, 0.15) is 5.25 Å². The van der Waals surface area contributed by atoms with E-state index in [1.807, 2.05) is 30.3 Å². The van der Waals surface area contributed by atoms with Gasteiger partial charge in [-0.05, 0) is 48.0 Å². The SMILES string of the molecule is O=C(O)c1c(Cl)c(Cl)c(Cl)c(Cl)c1C(=O)Nc1cccc(SC(C(=O)Nc2ccc(Cl)cc2)c2ccccc2)c1. The van der Waals surface area contributed by atoms with E-state index in [0.29, 0.717) is 21.3 Å². The highest BCUT2D eigenvalue weighted by Crippen LogP contribution is 2.42. The summed E-state index contributed by atoms with van der Waals surface area (Å²) in [5.74, 6) is -2.63. The van der Waals surface area contributed by atoms with Gasteiger partial charge in [-0.2, -0.15) is 0 Å². The third-order valence-electron chi connectivity index (χ3n) is 5.51. The highest BCUT2D eigenvalue weighted by atomic mass is 35.5. The molecule has 0 spiro atoms. The smallest absolute Gasteiger partial charge is 0.338 e. The number of carboxylic acid groups (broad SMARTS) is 1. The van der Waals surface area contributed by atoms with E-state index in [0.717, 1.165) is 5.56 Å². The minimum atomic E-state index is -1.50. The van der Waals surface area contributed by atoms with Gasteiger partial charge in [0, 0.05) is 21.3 Å². The zero-order valence-electron chi connectivity index (χ0n) is 20.1. The normalized spacial score (nSPS) is 11.5. The summed E-state index contributed by atoms with van der Waals surface area (Å²) < 4.78 is 0. The fraction of sp³-hybridized carbons (Fsp3) is 0.0357. The number of nitrogens with one attached hydrogen (secondary N) is 2. The van der Waals surface area contributed by atoms with Crippen LogP contribution in [0.15, 0.2) is 83.8 Å². The number of benzene rings is 4. The molecule has 4 rings (SSSR count). The number of anilines is 2. The molecule has 0 aliphatic heterocycles. The van der Waals surface area contributed by atoms with Gasteiger partial charge in [-0.25, -0.2) is 4.79 Å². The van der Waals surface area contributed by atoms with Crippen LogP contribution < -0.4 is 10.6 Å². The number of carboxylic acids is 1. The fourth-order valence-corrected chi connectivity index (χ4v) is 5.89. The Labute approximate surface area is 258 Å². The molecule has 0 bridgehead atoms. The summed E-state index contributed by atoms with van der Waals surface area (Å²) in [4.78, 5) is 39.0. The zero-order valence-corrected chi connectivity index (χ0v) is 24.6. The molecular weight excluding hydrogens is 638 g/mol. The molecule has 0 aliphatic carbocycles. The van der Waals surface area contributed by atoms with E-state index in [4.69, 9.17) is 58.0 Å². The van der Waals surface area contributed by atoms with Gasteiger partial charge in [-0.15, -0.1) is 11.8 Å². The first-order valence-electron chi connectivity index (χ1n) is 11.4. The van der Waals surface area contributed by atoms with Crippen molar-refractivity contribution in [2.75, 3.05) is 10.6 Å². The largest absolute Gasteiger partial charge is 0.478 e. The first-order chi connectivity index (χ1) is 19.1. The molecular formula is C28H17Cl5N2O4S. The van der Waals surface area contributed by atoms with E-state index in [-0.39, 0.29) is 21.0 Å². The van der Waals surface area contributed by atoms with Gasteiger partial charge in [-0.1, -0.05) is 94.4 Å². The molecule has 3 N–H and O–H groups in total. The van der Waals surface area contributed by atoms with Crippen LogP contribution in [0.25, 0.3) is 0 Å². The highest BCUT2D eigenvalue weighted by molar-refractivity contribution is 8.00. The summed E-state index contributed by atoms with van der Waals surface area (Å²) in [6.07, 6.45) is 0. The molecule has 2 amide bonds. The number of rotatable bonds is 8. The summed E-state index contributed by atoms with van der Waals surface area (Å²) in [6.45, 7) is 0. The third-order valence-corrected chi connectivity index (χ3v) is 8.81. The molecule has 0 aliphatic rings. The third kappa shape index (κ3) is 6.86. The number of hydrogen-bond acceptors (Lipinski definition) is 4. The number of halogens is 5. The van der Waals surface area contributed by atoms with Crippen LogP contribution in [0.5, 0.6) is 0 Å². The van der Waals surface area contributed by atoms with Crippen LogP contribution in [-0.2, 0) is 4.79 Å². The van der Waals surface area contributed by atoms with Gasteiger partial charge >= 0.3 is 5.97 Å². The fourth-order valence-electron chi connectivity index (χ4n) is 3.66. The van der Waals surface area contributed by atoms with Crippen molar-refractivity contribution in [3.8, 4) is 0 Å². The first-order valence-corrected chi connectivity index (χ1v) is 14.1. The number of aromatic carboxylic acids is 1. The molecule has 1 unspecified atom stereocenters. The van der Waals surface area contributed by atoms with Gasteiger partial charge < -0.3 is 15.7 Å². The van der Waals surface area contributed by atoms with Gasteiger partial charge in [0.25, 0.3) is 5.91 Å². The second kappa shape index (κ2) is 13.2. The zero-order chi connectivity index (χ0) is 29.0. The molecule has 204 valence electrons. The molecule has 1 atom stereocenters. The quantitative estimate of drug-likeness (QED) is 0.1000. The minimum absolute atomic E-state index is 0.245. The number of carbonyl (C=O) groups is 3. The summed E-state index contributed by atoms with van der Waals surface area (Å²) >= 11 is 31.6. The van der Waals surface area contributed by atoms with Crippen molar-refractivity contribution in [3.63, 3.8) is 0 Å². The Morgan fingerprint density at radius 3 is 1.93 bits per heavy atom. The van der Waals surface area contributed by atoms with Crippen molar-refractivity contribution in [2.45, 2.75) is 10.1 Å². The van der Waals surface area contributed by atoms with E-state index < -0.39 is 33.3 Å². The number of carbonyl (C=O) groups excluding carboxylic acids is 2. The average molecular weight is 655 g/mol. The maximum absolute atomic E-state index is 13.3. The van der Waals surface area contributed by atoms with Crippen molar-refractivity contribution in [2.24, 2.45) is 0 Å². The van der Waals surface area contributed by atoms with E-state index in [1.54, 1.807) is 48.5 Å². The van der Waals surface area contributed by atoms with Crippen LogP contribution >= 0.6 is 69.8 Å². The molecule has 40 heavy (non-hydrogen) atoms. The molecule has 4 aromatic carbocycles. The lowest BCUT2D eigenvalue weighted by molar-refractivity contribution is -0.115. The summed E-state index contributed by atoms with van der Waals surface area (Å²) in [7, 11) is 0. The van der Waals surface area contributed by atoms with Crippen molar-refractivity contribution in [1.82, 2.24) is 0 Å². The number of thioether (sulfide) groups is 1. The Bertz CT molecular complexity index is 1600. The maximum atomic E-state index is 13.3. The van der Waals surface area contributed by atoms with Crippen molar-refractivity contribution in [3.05, 3.63) is 121 Å². The Kier molecular flexibility index (Phi) is 9.90. The first kappa shape index (κ1) is 30.1. The van der Waals surface area contributed by atoms with Crippen molar-refractivity contribution in [1.29, 1.82) is 0 Å². The maximum Gasteiger partial charge on any atom is 0.338 e. The van der Waals surface area contributed by atoms with Crippen LogP contribution in [0, 0.1) is 0 Å². The molecule has 4 aromatic rings. The minimum Gasteiger partial charge on any atom is -0.478 e. The Morgan fingerprint density at radius 1 is 0.675 bits per heavy atom. The van der Waals surface area contributed by atoms with Crippen LogP contribution in [0.2, 0.25) is 25.1 Å². The van der Waals surface area contributed by atoms with Crippen LogP contribution in [-0.4, -0.2) is 22.9 Å². The molecule has 0 heterocycles. The Hall–Kier alpha value is -2.91. The molecule has 0 aromatic heterocycles. The van der Waals surface area contributed by atoms with E-state index in [1.165, 1.54) is 11.8 Å². The van der Waals surface area contributed by atoms with E-state index >= 15 is 0 Å². The van der Waals surface area contributed by atoms with Crippen LogP contribution in [0.3, 0.4) is 0 Å². The Balaban J connectivity index is 1.61. The second-order valence-electron chi connectivity index (χ2n) is 8.20. The monoisotopic (exact) mass is 652 g/mol. The highest BCUT2D eigenvalue weighted by Gasteiger charge is 2.29. The van der Waals surface area contributed by atoms with Gasteiger partial charge in [0.2, 0.25) is 5.91 Å². The van der Waals surface area contributed by atoms with Crippen molar-refractivity contribution < 1.29 is 19.5 Å². The lowest BCUT2D eigenvalue weighted by Crippen LogP contribution is -2.19. The van der Waals surface area contributed by atoms with Gasteiger partial charge in [-0.3, -0.25) is 9.59 Å².